The second-order valence-electron chi connectivity index (χ2n) is 4.75. The molecular weight excluding hydrogens is 300 g/mol. The Labute approximate surface area is 122 Å². The summed E-state index contributed by atoms with van der Waals surface area (Å²) in [7, 11) is -1.16. The number of carbonyl (C=O) groups excluding carboxylic acids is 1. The van der Waals surface area contributed by atoms with E-state index in [2.05, 4.69) is 10.2 Å². The zero-order valence-electron chi connectivity index (χ0n) is 11.5. The number of aromatic nitrogens is 3. The summed E-state index contributed by atoms with van der Waals surface area (Å²) < 4.78 is 24.8. The number of aryl methyl sites for hydroxylation is 1. The molecular formula is C11H18N4O3S2. The first kappa shape index (κ1) is 15.3. The fraction of sp³-hybridized carbons (Fsp3) is 0.727. The highest BCUT2D eigenvalue weighted by atomic mass is 32.2. The van der Waals surface area contributed by atoms with Crippen molar-refractivity contribution in [2.24, 2.45) is 7.05 Å². The monoisotopic (exact) mass is 318 g/mol. The van der Waals surface area contributed by atoms with E-state index < -0.39 is 9.84 Å². The Morgan fingerprint density at radius 3 is 2.85 bits per heavy atom. The molecule has 1 fully saturated rings. The first-order valence-corrected chi connectivity index (χ1v) is 9.20. The van der Waals surface area contributed by atoms with Crippen LogP contribution in [-0.2, 0) is 21.7 Å². The van der Waals surface area contributed by atoms with Crippen LogP contribution in [0, 0.1) is 0 Å². The summed E-state index contributed by atoms with van der Waals surface area (Å²) in [5, 5.41) is 8.33. The minimum atomic E-state index is -2.98. The topological polar surface area (TPSA) is 85.2 Å². The van der Waals surface area contributed by atoms with Crippen molar-refractivity contribution in [2.45, 2.75) is 24.5 Å². The number of hydrogen-bond donors (Lipinski definition) is 0. The highest BCUT2D eigenvalue weighted by Gasteiger charge is 2.33. The third-order valence-electron chi connectivity index (χ3n) is 3.30. The van der Waals surface area contributed by atoms with E-state index in [9.17, 15) is 13.2 Å². The van der Waals surface area contributed by atoms with E-state index in [1.807, 2.05) is 14.0 Å². The van der Waals surface area contributed by atoms with Crippen LogP contribution in [0.15, 0.2) is 11.5 Å². The molecule has 0 bridgehead atoms. The number of amides is 1. The lowest BCUT2D eigenvalue weighted by Gasteiger charge is -2.26. The van der Waals surface area contributed by atoms with Crippen LogP contribution in [0.4, 0.5) is 0 Å². The van der Waals surface area contributed by atoms with Crippen LogP contribution in [0.25, 0.3) is 0 Å². The zero-order valence-corrected chi connectivity index (χ0v) is 13.2. The number of thioether (sulfide) groups is 1. The molecule has 0 spiro atoms. The predicted molar refractivity (Wildman–Crippen MR) is 76.2 cm³/mol. The minimum Gasteiger partial charge on any atom is -0.338 e. The van der Waals surface area contributed by atoms with E-state index in [0.717, 1.165) is 0 Å². The van der Waals surface area contributed by atoms with Gasteiger partial charge in [0.15, 0.2) is 15.0 Å². The van der Waals surface area contributed by atoms with Gasteiger partial charge < -0.3 is 9.47 Å². The molecule has 2 heterocycles. The Bertz CT molecular complexity index is 584. The fourth-order valence-corrected chi connectivity index (χ4v) is 4.78. The third kappa shape index (κ3) is 3.51. The van der Waals surface area contributed by atoms with Crippen molar-refractivity contribution in [1.29, 1.82) is 0 Å². The zero-order chi connectivity index (χ0) is 14.8. The van der Waals surface area contributed by atoms with Crippen LogP contribution in [0.2, 0.25) is 0 Å². The lowest BCUT2D eigenvalue weighted by molar-refractivity contribution is -0.129. The first-order valence-electron chi connectivity index (χ1n) is 6.39. The second kappa shape index (κ2) is 6.13. The molecule has 1 amide bonds. The molecule has 112 valence electrons. The number of hydrogen-bond acceptors (Lipinski definition) is 6. The molecule has 0 radical (unpaired) electrons. The normalized spacial score (nSPS) is 21.0. The molecule has 0 unspecified atom stereocenters. The summed E-state index contributed by atoms with van der Waals surface area (Å²) in [6.45, 7) is 2.40. The maximum absolute atomic E-state index is 12.2. The van der Waals surface area contributed by atoms with Crippen molar-refractivity contribution in [3.63, 3.8) is 0 Å². The van der Waals surface area contributed by atoms with Gasteiger partial charge in [-0.2, -0.15) is 0 Å². The van der Waals surface area contributed by atoms with Crippen LogP contribution in [0.1, 0.15) is 13.3 Å². The molecule has 20 heavy (non-hydrogen) atoms. The Morgan fingerprint density at radius 1 is 1.60 bits per heavy atom. The summed E-state index contributed by atoms with van der Waals surface area (Å²) in [6, 6.07) is -0.183. The van der Waals surface area contributed by atoms with Gasteiger partial charge in [-0.05, 0) is 13.3 Å². The summed E-state index contributed by atoms with van der Waals surface area (Å²) in [5.41, 5.74) is 0. The van der Waals surface area contributed by atoms with Crippen molar-refractivity contribution in [1.82, 2.24) is 19.7 Å². The van der Waals surface area contributed by atoms with Gasteiger partial charge in [0.25, 0.3) is 0 Å². The molecule has 7 nitrogen and oxygen atoms in total. The highest BCUT2D eigenvalue weighted by Crippen LogP contribution is 2.20. The molecule has 1 atom stereocenters. The van der Waals surface area contributed by atoms with Gasteiger partial charge in [-0.3, -0.25) is 4.79 Å². The van der Waals surface area contributed by atoms with Crippen molar-refractivity contribution < 1.29 is 13.2 Å². The van der Waals surface area contributed by atoms with E-state index in [1.54, 1.807) is 15.8 Å². The maximum Gasteiger partial charge on any atom is 0.233 e. The molecule has 1 saturated heterocycles. The Morgan fingerprint density at radius 2 is 2.35 bits per heavy atom. The van der Waals surface area contributed by atoms with Crippen molar-refractivity contribution >= 4 is 27.5 Å². The van der Waals surface area contributed by atoms with Gasteiger partial charge in [-0.15, -0.1) is 10.2 Å². The number of sulfone groups is 1. The standard InChI is InChI=1S/C11H18N4O3S2/c1-3-15(9-4-5-20(17,18)7-9)10(16)6-19-11-13-12-8-14(11)2/h8-9H,3-7H2,1-2H3/t9-/m0/s1. The number of nitrogens with zero attached hydrogens (tertiary/aromatic N) is 4. The molecule has 1 aliphatic heterocycles. The molecule has 9 heteroatoms. The van der Waals surface area contributed by atoms with Gasteiger partial charge in [0, 0.05) is 19.6 Å². The lowest BCUT2D eigenvalue weighted by atomic mass is 10.2. The molecule has 1 aliphatic rings. The van der Waals surface area contributed by atoms with Gasteiger partial charge in [0.1, 0.15) is 6.33 Å². The Hall–Kier alpha value is -1.09. The van der Waals surface area contributed by atoms with E-state index in [-0.39, 0.29) is 29.2 Å². The fourth-order valence-electron chi connectivity index (χ4n) is 2.27. The van der Waals surface area contributed by atoms with Crippen molar-refractivity contribution in [3.05, 3.63) is 6.33 Å². The maximum atomic E-state index is 12.2. The van der Waals surface area contributed by atoms with Crippen LogP contribution in [-0.4, -0.2) is 63.8 Å². The number of rotatable bonds is 5. The average molecular weight is 318 g/mol. The summed E-state index contributed by atoms with van der Waals surface area (Å²) >= 11 is 1.31. The molecule has 0 aromatic carbocycles. The van der Waals surface area contributed by atoms with Gasteiger partial charge in [0.2, 0.25) is 5.91 Å². The van der Waals surface area contributed by atoms with Crippen LogP contribution < -0.4 is 0 Å². The molecule has 0 saturated carbocycles. The number of carbonyl (C=O) groups is 1. The highest BCUT2D eigenvalue weighted by molar-refractivity contribution is 7.99. The van der Waals surface area contributed by atoms with E-state index in [0.29, 0.717) is 18.1 Å². The smallest absolute Gasteiger partial charge is 0.233 e. The van der Waals surface area contributed by atoms with Crippen molar-refractivity contribution in [3.8, 4) is 0 Å². The summed E-state index contributed by atoms with van der Waals surface area (Å²) in [6.07, 6.45) is 2.12. The Kier molecular flexibility index (Phi) is 4.69. The molecule has 1 aromatic heterocycles. The van der Waals surface area contributed by atoms with Gasteiger partial charge in [-0.1, -0.05) is 11.8 Å². The first-order chi connectivity index (χ1) is 9.43. The van der Waals surface area contributed by atoms with Crippen LogP contribution >= 0.6 is 11.8 Å². The van der Waals surface area contributed by atoms with Gasteiger partial charge >= 0.3 is 0 Å². The average Bonchev–Trinajstić information content (AvgIpc) is 2.94. The SMILES string of the molecule is CCN(C(=O)CSc1nncn1C)[C@H]1CCS(=O)(=O)C1. The second-order valence-corrected chi connectivity index (χ2v) is 7.92. The quantitative estimate of drug-likeness (QED) is 0.707. The van der Waals surface area contributed by atoms with E-state index >= 15 is 0 Å². The van der Waals surface area contributed by atoms with Crippen LogP contribution in [0.3, 0.4) is 0 Å². The molecule has 0 aliphatic carbocycles. The Balaban J connectivity index is 1.94. The minimum absolute atomic E-state index is 0.0531. The molecule has 0 N–H and O–H groups in total. The third-order valence-corrected chi connectivity index (χ3v) is 6.07. The predicted octanol–water partition coefficient (Wildman–Crippen LogP) is -0.0572. The van der Waals surface area contributed by atoms with E-state index in [1.165, 1.54) is 11.8 Å². The summed E-state index contributed by atoms with van der Waals surface area (Å²) in [4.78, 5) is 13.9. The van der Waals surface area contributed by atoms with Crippen LogP contribution in [0.5, 0.6) is 0 Å². The largest absolute Gasteiger partial charge is 0.338 e. The molecule has 2 rings (SSSR count). The van der Waals surface area contributed by atoms with E-state index in [4.69, 9.17) is 0 Å². The van der Waals surface area contributed by atoms with Gasteiger partial charge in [0.05, 0.1) is 17.3 Å². The van der Waals surface area contributed by atoms with Gasteiger partial charge in [-0.25, -0.2) is 8.42 Å². The van der Waals surface area contributed by atoms with Crippen molar-refractivity contribution in [2.75, 3.05) is 23.8 Å². The summed E-state index contributed by atoms with van der Waals surface area (Å²) in [5.74, 6) is 0.457. The lowest BCUT2D eigenvalue weighted by Crippen LogP contribution is -2.42. The molecule has 1 aromatic rings.